The molecule has 0 bridgehead atoms. The maximum Gasteiger partial charge on any atom is 0.0701 e. The number of thiophene rings is 1. The van der Waals surface area contributed by atoms with Crippen LogP contribution in [0.15, 0.2) is 46.3 Å². The summed E-state index contributed by atoms with van der Waals surface area (Å²) in [4.78, 5) is 1.39. The number of rotatable bonds is 4. The van der Waals surface area contributed by atoms with E-state index in [-0.39, 0.29) is 6.04 Å². The van der Waals surface area contributed by atoms with E-state index in [2.05, 4.69) is 40.2 Å². The van der Waals surface area contributed by atoms with Crippen LogP contribution in [0.2, 0.25) is 0 Å². The zero-order chi connectivity index (χ0) is 11.4. The molecule has 0 aliphatic heterocycles. The van der Waals surface area contributed by atoms with Gasteiger partial charge in [0.15, 0.2) is 0 Å². The Kier molecular flexibility index (Phi) is 4.16. The summed E-state index contributed by atoms with van der Waals surface area (Å²) in [5.41, 5.74) is 7.36. The third-order valence-electron chi connectivity index (χ3n) is 2.56. The standard InChI is InChI=1S/C13H14BrNS/c14-13-9-7-11(16-13)6-8-12(15)10-4-2-1-3-5-10/h1-5,7,9,12H,6,8,15H2. The minimum Gasteiger partial charge on any atom is -0.324 e. The van der Waals surface area contributed by atoms with Gasteiger partial charge in [0.05, 0.1) is 3.79 Å². The van der Waals surface area contributed by atoms with E-state index in [0.29, 0.717) is 0 Å². The van der Waals surface area contributed by atoms with E-state index in [4.69, 9.17) is 5.73 Å². The number of benzene rings is 1. The molecule has 0 radical (unpaired) electrons. The van der Waals surface area contributed by atoms with Gasteiger partial charge in [-0.3, -0.25) is 0 Å². The first-order chi connectivity index (χ1) is 7.75. The number of nitrogens with two attached hydrogens (primary N) is 1. The summed E-state index contributed by atoms with van der Waals surface area (Å²) in [7, 11) is 0. The van der Waals surface area contributed by atoms with E-state index >= 15 is 0 Å². The van der Waals surface area contributed by atoms with Gasteiger partial charge >= 0.3 is 0 Å². The minimum absolute atomic E-state index is 0.141. The summed E-state index contributed by atoms with van der Waals surface area (Å²) >= 11 is 5.26. The van der Waals surface area contributed by atoms with Crippen LogP contribution in [0.5, 0.6) is 0 Å². The average Bonchev–Trinajstić information content (AvgIpc) is 2.73. The SMILES string of the molecule is NC(CCc1ccc(Br)s1)c1ccccc1. The minimum atomic E-state index is 0.141. The summed E-state index contributed by atoms with van der Waals surface area (Å²) in [6.45, 7) is 0. The molecule has 1 aromatic heterocycles. The van der Waals surface area contributed by atoms with Crippen LogP contribution in [0, 0.1) is 0 Å². The molecule has 16 heavy (non-hydrogen) atoms. The lowest BCUT2D eigenvalue weighted by Crippen LogP contribution is -2.10. The molecule has 1 atom stereocenters. The van der Waals surface area contributed by atoms with Crippen LogP contribution in [0.4, 0.5) is 0 Å². The predicted octanol–water partition coefficient (Wildman–Crippen LogP) is 4.14. The van der Waals surface area contributed by atoms with Gasteiger partial charge in [-0.1, -0.05) is 30.3 Å². The number of aryl methyl sites for hydroxylation is 1. The summed E-state index contributed by atoms with van der Waals surface area (Å²) in [6, 6.07) is 14.7. The summed E-state index contributed by atoms with van der Waals surface area (Å²) < 4.78 is 1.19. The highest BCUT2D eigenvalue weighted by atomic mass is 79.9. The Labute approximate surface area is 108 Å². The molecule has 0 aliphatic rings. The lowest BCUT2D eigenvalue weighted by molar-refractivity contribution is 0.655. The van der Waals surface area contributed by atoms with Crippen LogP contribution in [-0.2, 0) is 6.42 Å². The molecule has 1 aromatic carbocycles. The molecule has 2 rings (SSSR count). The Balaban J connectivity index is 1.91. The highest BCUT2D eigenvalue weighted by Gasteiger charge is 2.06. The topological polar surface area (TPSA) is 26.0 Å². The largest absolute Gasteiger partial charge is 0.324 e. The monoisotopic (exact) mass is 295 g/mol. The van der Waals surface area contributed by atoms with Gasteiger partial charge in [0, 0.05) is 10.9 Å². The third kappa shape index (κ3) is 3.17. The number of hydrogen-bond acceptors (Lipinski definition) is 2. The van der Waals surface area contributed by atoms with Crippen LogP contribution >= 0.6 is 27.3 Å². The molecule has 84 valence electrons. The predicted molar refractivity (Wildman–Crippen MR) is 73.7 cm³/mol. The second kappa shape index (κ2) is 5.62. The van der Waals surface area contributed by atoms with E-state index in [1.807, 2.05) is 18.2 Å². The van der Waals surface area contributed by atoms with Crippen molar-refractivity contribution in [2.75, 3.05) is 0 Å². The van der Waals surface area contributed by atoms with Gasteiger partial charge in [-0.05, 0) is 46.5 Å². The molecule has 0 aliphatic carbocycles. The molecule has 3 heteroatoms. The van der Waals surface area contributed by atoms with Gasteiger partial charge in [-0.15, -0.1) is 11.3 Å². The first kappa shape index (κ1) is 11.8. The van der Waals surface area contributed by atoms with Gasteiger partial charge in [-0.25, -0.2) is 0 Å². The van der Waals surface area contributed by atoms with Gasteiger partial charge in [0.2, 0.25) is 0 Å². The molecule has 1 unspecified atom stereocenters. The van der Waals surface area contributed by atoms with Crippen molar-refractivity contribution in [3.63, 3.8) is 0 Å². The van der Waals surface area contributed by atoms with E-state index in [1.165, 1.54) is 14.2 Å². The molecule has 0 amide bonds. The normalized spacial score (nSPS) is 12.6. The molecule has 2 aromatic rings. The van der Waals surface area contributed by atoms with Crippen LogP contribution in [0.1, 0.15) is 22.9 Å². The maximum atomic E-state index is 6.14. The smallest absolute Gasteiger partial charge is 0.0701 e. The van der Waals surface area contributed by atoms with E-state index in [9.17, 15) is 0 Å². The van der Waals surface area contributed by atoms with E-state index < -0.39 is 0 Å². The molecular weight excluding hydrogens is 282 g/mol. The Hall–Kier alpha value is -0.640. The zero-order valence-electron chi connectivity index (χ0n) is 8.90. The molecule has 1 nitrogen and oxygen atoms in total. The fraction of sp³-hybridized carbons (Fsp3) is 0.231. The average molecular weight is 296 g/mol. The van der Waals surface area contributed by atoms with Crippen molar-refractivity contribution < 1.29 is 0 Å². The lowest BCUT2D eigenvalue weighted by atomic mass is 10.0. The number of halogens is 1. The second-order valence-corrected chi connectivity index (χ2v) is 6.31. The van der Waals surface area contributed by atoms with Crippen molar-refractivity contribution in [1.82, 2.24) is 0 Å². The van der Waals surface area contributed by atoms with Crippen LogP contribution in [0.3, 0.4) is 0 Å². The van der Waals surface area contributed by atoms with Crippen molar-refractivity contribution >= 4 is 27.3 Å². The van der Waals surface area contributed by atoms with Crippen molar-refractivity contribution in [3.8, 4) is 0 Å². The summed E-state index contributed by atoms with van der Waals surface area (Å²) in [5, 5.41) is 0. The molecular formula is C13H14BrNS. The molecule has 2 N–H and O–H groups in total. The molecule has 0 fully saturated rings. The van der Waals surface area contributed by atoms with Gasteiger partial charge in [-0.2, -0.15) is 0 Å². The maximum absolute atomic E-state index is 6.14. The van der Waals surface area contributed by atoms with Crippen molar-refractivity contribution in [2.24, 2.45) is 5.73 Å². The Bertz CT molecular complexity index is 438. The highest BCUT2D eigenvalue weighted by molar-refractivity contribution is 9.11. The molecule has 0 spiro atoms. The number of hydrogen-bond donors (Lipinski definition) is 1. The fourth-order valence-electron chi connectivity index (χ4n) is 1.65. The fourth-order valence-corrected chi connectivity index (χ4v) is 3.15. The van der Waals surface area contributed by atoms with Crippen LogP contribution in [-0.4, -0.2) is 0 Å². The Morgan fingerprint density at radius 1 is 1.12 bits per heavy atom. The third-order valence-corrected chi connectivity index (χ3v) is 4.24. The highest BCUT2D eigenvalue weighted by Crippen LogP contribution is 2.25. The van der Waals surface area contributed by atoms with Crippen molar-refractivity contribution in [3.05, 3.63) is 56.7 Å². The van der Waals surface area contributed by atoms with Crippen LogP contribution in [0.25, 0.3) is 0 Å². The molecule has 0 saturated heterocycles. The van der Waals surface area contributed by atoms with Crippen LogP contribution < -0.4 is 5.73 Å². The second-order valence-electron chi connectivity index (χ2n) is 3.76. The molecule has 1 heterocycles. The van der Waals surface area contributed by atoms with Crippen molar-refractivity contribution in [2.45, 2.75) is 18.9 Å². The first-order valence-corrected chi connectivity index (χ1v) is 6.91. The van der Waals surface area contributed by atoms with E-state index in [0.717, 1.165) is 12.8 Å². The first-order valence-electron chi connectivity index (χ1n) is 5.30. The van der Waals surface area contributed by atoms with Gasteiger partial charge < -0.3 is 5.73 Å². The van der Waals surface area contributed by atoms with Gasteiger partial charge in [0.1, 0.15) is 0 Å². The van der Waals surface area contributed by atoms with Crippen molar-refractivity contribution in [1.29, 1.82) is 0 Å². The lowest BCUT2D eigenvalue weighted by Gasteiger charge is -2.10. The van der Waals surface area contributed by atoms with E-state index in [1.54, 1.807) is 11.3 Å². The molecule has 0 saturated carbocycles. The Morgan fingerprint density at radius 2 is 1.88 bits per heavy atom. The zero-order valence-corrected chi connectivity index (χ0v) is 11.3. The quantitative estimate of drug-likeness (QED) is 0.901. The summed E-state index contributed by atoms with van der Waals surface area (Å²) in [5.74, 6) is 0. The summed E-state index contributed by atoms with van der Waals surface area (Å²) in [6.07, 6.45) is 2.04. The Morgan fingerprint density at radius 3 is 2.50 bits per heavy atom. The van der Waals surface area contributed by atoms with Gasteiger partial charge in [0.25, 0.3) is 0 Å².